The molecule has 0 atom stereocenters. The van der Waals surface area contributed by atoms with Crippen molar-refractivity contribution in [3.8, 4) is 22.3 Å². The number of pyridine rings is 1. The number of nitrogens with zero attached hydrogens (tertiary/aromatic N) is 1. The molecule has 4 aromatic rings. The van der Waals surface area contributed by atoms with E-state index in [-0.39, 0.29) is 0 Å². The number of benzene rings is 2. The number of carbonyl (C=O) groups is 2. The van der Waals surface area contributed by atoms with Gasteiger partial charge in [0, 0.05) is 34.5 Å². The maximum atomic E-state index is 11.5. The highest BCUT2D eigenvalue weighted by atomic mass is 16.4. The molecule has 0 aliphatic carbocycles. The van der Waals surface area contributed by atoms with Gasteiger partial charge in [0.05, 0.1) is 5.41 Å². The lowest BCUT2D eigenvalue weighted by molar-refractivity contribution is -0.142. The first-order chi connectivity index (χ1) is 14.3. The Morgan fingerprint density at radius 1 is 1.00 bits per heavy atom. The van der Waals surface area contributed by atoms with Crippen LogP contribution in [0.25, 0.3) is 33.3 Å². The Labute approximate surface area is 173 Å². The molecule has 0 saturated heterocycles. The summed E-state index contributed by atoms with van der Waals surface area (Å²) in [7, 11) is 0. The van der Waals surface area contributed by atoms with E-state index in [0.717, 1.165) is 38.9 Å². The summed E-state index contributed by atoms with van der Waals surface area (Å²) in [5.74, 6) is -1.34. The first-order valence-electron chi connectivity index (χ1n) is 9.49. The zero-order valence-corrected chi connectivity index (χ0v) is 16.6. The van der Waals surface area contributed by atoms with Crippen molar-refractivity contribution in [2.75, 3.05) is 0 Å². The highest BCUT2D eigenvalue weighted by Crippen LogP contribution is 2.33. The maximum absolute atomic E-state index is 11.5. The molecule has 2 aromatic heterocycles. The SMILES string of the molecule is CC(C)(C(=O)O)c1ccc(-c2c[nH]c3ncc(-c4cccc(C(N)=O)c4)cc23)cc1. The number of carboxylic acid groups (broad SMARTS) is 1. The van der Waals surface area contributed by atoms with Gasteiger partial charge in [-0.25, -0.2) is 4.98 Å². The maximum Gasteiger partial charge on any atom is 0.313 e. The molecule has 0 fully saturated rings. The molecule has 150 valence electrons. The largest absolute Gasteiger partial charge is 0.481 e. The minimum Gasteiger partial charge on any atom is -0.481 e. The Morgan fingerprint density at radius 3 is 2.40 bits per heavy atom. The Hall–Kier alpha value is -3.93. The van der Waals surface area contributed by atoms with Crippen LogP contribution in [0.4, 0.5) is 0 Å². The molecule has 0 unspecified atom stereocenters. The van der Waals surface area contributed by atoms with Crippen LogP contribution in [-0.4, -0.2) is 27.0 Å². The van der Waals surface area contributed by atoms with Crippen molar-refractivity contribution in [2.24, 2.45) is 5.73 Å². The first-order valence-corrected chi connectivity index (χ1v) is 9.49. The fourth-order valence-electron chi connectivity index (χ4n) is 3.44. The third kappa shape index (κ3) is 3.33. The van der Waals surface area contributed by atoms with Crippen LogP contribution >= 0.6 is 0 Å². The van der Waals surface area contributed by atoms with Gasteiger partial charge in [-0.3, -0.25) is 9.59 Å². The molecule has 0 aliphatic rings. The summed E-state index contributed by atoms with van der Waals surface area (Å²) in [6.07, 6.45) is 3.64. The van der Waals surface area contributed by atoms with Crippen LogP contribution in [0, 0.1) is 0 Å². The normalized spacial score (nSPS) is 11.5. The number of amides is 1. The van der Waals surface area contributed by atoms with Crippen molar-refractivity contribution in [2.45, 2.75) is 19.3 Å². The number of H-pyrrole nitrogens is 1. The number of nitrogens with one attached hydrogen (secondary N) is 1. The molecule has 0 spiro atoms. The topological polar surface area (TPSA) is 109 Å². The average Bonchev–Trinajstić information content (AvgIpc) is 3.17. The molecule has 4 N–H and O–H groups in total. The van der Waals surface area contributed by atoms with E-state index in [1.54, 1.807) is 38.2 Å². The molecule has 6 nitrogen and oxygen atoms in total. The van der Waals surface area contributed by atoms with E-state index in [1.165, 1.54) is 0 Å². The van der Waals surface area contributed by atoms with Crippen LogP contribution in [0.1, 0.15) is 29.8 Å². The van der Waals surface area contributed by atoms with Gasteiger partial charge in [-0.2, -0.15) is 0 Å². The van der Waals surface area contributed by atoms with Gasteiger partial charge in [0.2, 0.25) is 5.91 Å². The summed E-state index contributed by atoms with van der Waals surface area (Å²) in [6.45, 7) is 3.37. The monoisotopic (exact) mass is 399 g/mol. The molecular weight excluding hydrogens is 378 g/mol. The second-order valence-electron chi connectivity index (χ2n) is 7.78. The number of fused-ring (bicyclic) bond motifs is 1. The minimum absolute atomic E-state index is 0.443. The number of carboxylic acids is 1. The van der Waals surface area contributed by atoms with Gasteiger partial charge in [0.25, 0.3) is 0 Å². The quantitative estimate of drug-likeness (QED) is 0.463. The number of aromatic amines is 1. The fourth-order valence-corrected chi connectivity index (χ4v) is 3.44. The predicted octanol–water partition coefficient (Wildman–Crippen LogP) is 4.36. The van der Waals surface area contributed by atoms with Crippen LogP contribution in [-0.2, 0) is 10.2 Å². The highest BCUT2D eigenvalue weighted by molar-refractivity contribution is 5.97. The van der Waals surface area contributed by atoms with Gasteiger partial charge in [-0.1, -0.05) is 36.4 Å². The molecule has 2 aromatic carbocycles. The van der Waals surface area contributed by atoms with Crippen molar-refractivity contribution >= 4 is 22.9 Å². The van der Waals surface area contributed by atoms with Gasteiger partial charge in [-0.05, 0) is 48.7 Å². The van der Waals surface area contributed by atoms with E-state index in [0.29, 0.717) is 5.56 Å². The minimum atomic E-state index is -0.959. The van der Waals surface area contributed by atoms with E-state index >= 15 is 0 Å². The Kier molecular flexibility index (Phi) is 4.62. The van der Waals surface area contributed by atoms with E-state index in [1.807, 2.05) is 42.6 Å². The molecule has 0 bridgehead atoms. The molecule has 0 saturated carbocycles. The molecule has 0 aliphatic heterocycles. The van der Waals surface area contributed by atoms with Crippen molar-refractivity contribution in [3.05, 3.63) is 78.1 Å². The van der Waals surface area contributed by atoms with Crippen LogP contribution < -0.4 is 5.73 Å². The van der Waals surface area contributed by atoms with Crippen LogP contribution in [0.15, 0.2) is 67.0 Å². The lowest BCUT2D eigenvalue weighted by atomic mass is 9.84. The number of nitrogens with two attached hydrogens (primary N) is 1. The summed E-state index contributed by atoms with van der Waals surface area (Å²) >= 11 is 0. The third-order valence-corrected chi connectivity index (χ3v) is 5.46. The number of rotatable bonds is 5. The molecule has 2 heterocycles. The second kappa shape index (κ2) is 7.15. The van der Waals surface area contributed by atoms with E-state index in [2.05, 4.69) is 9.97 Å². The van der Waals surface area contributed by atoms with Crippen LogP contribution in [0.3, 0.4) is 0 Å². The van der Waals surface area contributed by atoms with Gasteiger partial charge in [0.15, 0.2) is 0 Å². The molecular formula is C24H21N3O3. The average molecular weight is 399 g/mol. The standard InChI is InChI=1S/C24H21N3O3/c1-24(2,23(29)30)18-8-6-14(7-9-18)20-13-27-22-19(20)11-17(12-26-22)15-4-3-5-16(10-15)21(25)28/h3-13H,1-2H3,(H2,25,28)(H,26,27)(H,29,30). The highest BCUT2D eigenvalue weighted by Gasteiger charge is 2.29. The van der Waals surface area contributed by atoms with Gasteiger partial charge < -0.3 is 15.8 Å². The smallest absolute Gasteiger partial charge is 0.313 e. The van der Waals surface area contributed by atoms with E-state index in [9.17, 15) is 14.7 Å². The van der Waals surface area contributed by atoms with Gasteiger partial charge in [0.1, 0.15) is 5.65 Å². The number of hydrogen-bond acceptors (Lipinski definition) is 3. The van der Waals surface area contributed by atoms with E-state index in [4.69, 9.17) is 5.73 Å². The van der Waals surface area contributed by atoms with Crippen molar-refractivity contribution in [1.82, 2.24) is 9.97 Å². The van der Waals surface area contributed by atoms with Crippen LogP contribution in [0.2, 0.25) is 0 Å². The van der Waals surface area contributed by atoms with Crippen LogP contribution in [0.5, 0.6) is 0 Å². The molecule has 4 rings (SSSR count). The number of primary amides is 1. The first kappa shape index (κ1) is 19.4. The Bertz CT molecular complexity index is 1270. The van der Waals surface area contributed by atoms with Gasteiger partial charge >= 0.3 is 5.97 Å². The summed E-state index contributed by atoms with van der Waals surface area (Å²) in [5, 5.41) is 10.4. The fraction of sp³-hybridized carbons (Fsp3) is 0.125. The molecule has 6 heteroatoms. The van der Waals surface area contributed by atoms with Gasteiger partial charge in [-0.15, -0.1) is 0 Å². The van der Waals surface area contributed by atoms with Crippen molar-refractivity contribution in [3.63, 3.8) is 0 Å². The number of hydrogen-bond donors (Lipinski definition) is 3. The Balaban J connectivity index is 1.76. The van der Waals surface area contributed by atoms with Crippen molar-refractivity contribution in [1.29, 1.82) is 0 Å². The summed E-state index contributed by atoms with van der Waals surface area (Å²) in [6, 6.07) is 16.7. The molecule has 30 heavy (non-hydrogen) atoms. The summed E-state index contributed by atoms with van der Waals surface area (Å²) in [4.78, 5) is 30.7. The lowest BCUT2D eigenvalue weighted by Crippen LogP contribution is -2.28. The molecule has 1 amide bonds. The zero-order valence-electron chi connectivity index (χ0n) is 16.6. The predicted molar refractivity (Wildman–Crippen MR) is 116 cm³/mol. The third-order valence-electron chi connectivity index (χ3n) is 5.46. The second-order valence-corrected chi connectivity index (χ2v) is 7.78. The number of aromatic nitrogens is 2. The lowest BCUT2D eigenvalue weighted by Gasteiger charge is -2.19. The Morgan fingerprint density at radius 2 is 1.73 bits per heavy atom. The summed E-state index contributed by atoms with van der Waals surface area (Å²) < 4.78 is 0. The zero-order chi connectivity index (χ0) is 21.5. The molecule has 0 radical (unpaired) electrons. The summed E-state index contributed by atoms with van der Waals surface area (Å²) in [5.41, 5.74) is 10.0. The number of carbonyl (C=O) groups excluding carboxylic acids is 1. The van der Waals surface area contributed by atoms with E-state index < -0.39 is 17.3 Å². The number of aliphatic carboxylic acids is 1. The van der Waals surface area contributed by atoms with Crippen molar-refractivity contribution < 1.29 is 14.7 Å².